The zero-order valence-corrected chi connectivity index (χ0v) is 20.3. The van der Waals surface area contributed by atoms with Crippen molar-refractivity contribution in [2.75, 3.05) is 11.1 Å². The zero-order valence-electron chi connectivity index (χ0n) is 18.6. The number of aryl methyl sites for hydroxylation is 2. The first-order chi connectivity index (χ1) is 15.5. The zero-order chi connectivity index (χ0) is 22.5. The highest BCUT2D eigenvalue weighted by molar-refractivity contribution is 7.99. The summed E-state index contributed by atoms with van der Waals surface area (Å²) in [4.78, 5) is 12.4. The van der Waals surface area contributed by atoms with Gasteiger partial charge in [0.05, 0.1) is 5.75 Å². The average Bonchev–Trinajstić information content (AvgIpc) is 3.40. The van der Waals surface area contributed by atoms with E-state index in [2.05, 4.69) is 39.6 Å². The SMILES string of the molecule is Cc1ccc(OCc2nnc(SCC(=O)Nc3nnc(C4CCCCC4)s3)n2C)cc1C. The van der Waals surface area contributed by atoms with Crippen LogP contribution in [0.5, 0.6) is 5.75 Å². The molecule has 8 nitrogen and oxygen atoms in total. The molecule has 1 N–H and O–H groups in total. The summed E-state index contributed by atoms with van der Waals surface area (Å²) in [5.41, 5.74) is 2.41. The van der Waals surface area contributed by atoms with Gasteiger partial charge in [-0.3, -0.25) is 10.1 Å². The number of hydrogen-bond acceptors (Lipinski definition) is 8. The predicted octanol–water partition coefficient (Wildman–Crippen LogP) is 4.64. The van der Waals surface area contributed by atoms with Gasteiger partial charge in [-0.05, 0) is 49.9 Å². The van der Waals surface area contributed by atoms with Crippen LogP contribution in [-0.2, 0) is 18.4 Å². The number of amides is 1. The lowest BCUT2D eigenvalue weighted by molar-refractivity contribution is -0.113. The van der Waals surface area contributed by atoms with Crippen molar-refractivity contribution in [3.8, 4) is 5.75 Å². The Labute approximate surface area is 196 Å². The number of thioether (sulfide) groups is 1. The fourth-order valence-corrected chi connectivity index (χ4v) is 5.29. The van der Waals surface area contributed by atoms with Gasteiger partial charge in [-0.2, -0.15) is 0 Å². The van der Waals surface area contributed by atoms with Crippen LogP contribution >= 0.6 is 23.1 Å². The van der Waals surface area contributed by atoms with E-state index in [9.17, 15) is 4.79 Å². The largest absolute Gasteiger partial charge is 0.486 e. The van der Waals surface area contributed by atoms with E-state index in [1.165, 1.54) is 66.3 Å². The summed E-state index contributed by atoms with van der Waals surface area (Å²) in [5.74, 6) is 2.09. The third-order valence-electron chi connectivity index (χ3n) is 5.75. The van der Waals surface area contributed by atoms with Crippen molar-refractivity contribution < 1.29 is 9.53 Å². The average molecular weight is 473 g/mol. The maximum absolute atomic E-state index is 12.4. The van der Waals surface area contributed by atoms with Crippen molar-refractivity contribution in [3.63, 3.8) is 0 Å². The van der Waals surface area contributed by atoms with Gasteiger partial charge in [0.2, 0.25) is 11.0 Å². The van der Waals surface area contributed by atoms with Crippen LogP contribution < -0.4 is 10.1 Å². The molecular weight excluding hydrogens is 444 g/mol. The Bertz CT molecular complexity index is 1070. The van der Waals surface area contributed by atoms with E-state index in [0.29, 0.717) is 28.6 Å². The Kier molecular flexibility index (Phi) is 7.41. The molecule has 4 rings (SSSR count). The van der Waals surface area contributed by atoms with Crippen molar-refractivity contribution >= 4 is 34.1 Å². The molecule has 0 spiro atoms. The van der Waals surface area contributed by atoms with Gasteiger partial charge in [-0.1, -0.05) is 48.4 Å². The molecule has 1 saturated carbocycles. The molecule has 32 heavy (non-hydrogen) atoms. The first kappa shape index (κ1) is 22.7. The van der Waals surface area contributed by atoms with Crippen LogP contribution in [0.25, 0.3) is 0 Å². The summed E-state index contributed by atoms with van der Waals surface area (Å²) < 4.78 is 7.71. The molecule has 1 amide bonds. The van der Waals surface area contributed by atoms with Crippen LogP contribution in [0.3, 0.4) is 0 Å². The molecule has 0 aliphatic heterocycles. The lowest BCUT2D eigenvalue weighted by atomic mass is 9.90. The van der Waals surface area contributed by atoms with Crippen LogP contribution in [0.15, 0.2) is 23.4 Å². The molecule has 0 bridgehead atoms. The van der Waals surface area contributed by atoms with E-state index in [-0.39, 0.29) is 11.7 Å². The minimum absolute atomic E-state index is 0.128. The second-order valence-corrected chi connectivity index (χ2v) is 10.1. The van der Waals surface area contributed by atoms with Gasteiger partial charge in [0.15, 0.2) is 11.0 Å². The molecule has 0 saturated heterocycles. The maximum atomic E-state index is 12.4. The number of nitrogens with one attached hydrogen (secondary N) is 1. The van der Waals surface area contributed by atoms with Crippen molar-refractivity contribution in [2.24, 2.45) is 7.05 Å². The van der Waals surface area contributed by atoms with E-state index in [4.69, 9.17) is 4.74 Å². The molecule has 1 aliphatic carbocycles. The van der Waals surface area contributed by atoms with Crippen LogP contribution in [0.2, 0.25) is 0 Å². The first-order valence-corrected chi connectivity index (χ1v) is 12.6. The lowest BCUT2D eigenvalue weighted by Crippen LogP contribution is -2.14. The summed E-state index contributed by atoms with van der Waals surface area (Å²) in [6.45, 7) is 4.44. The van der Waals surface area contributed by atoms with Crippen molar-refractivity contribution in [1.29, 1.82) is 0 Å². The molecule has 1 aromatic carbocycles. The van der Waals surface area contributed by atoms with Crippen molar-refractivity contribution in [3.05, 3.63) is 40.2 Å². The number of rotatable bonds is 8. The number of anilines is 1. The van der Waals surface area contributed by atoms with Gasteiger partial charge in [-0.15, -0.1) is 20.4 Å². The molecule has 0 unspecified atom stereocenters. The summed E-state index contributed by atoms with van der Waals surface area (Å²) >= 11 is 2.82. The molecular formula is C22H28N6O2S2. The Hall–Kier alpha value is -2.46. The highest BCUT2D eigenvalue weighted by Gasteiger charge is 2.20. The molecule has 2 heterocycles. The Morgan fingerprint density at radius 2 is 1.97 bits per heavy atom. The molecule has 10 heteroatoms. The van der Waals surface area contributed by atoms with Gasteiger partial charge in [0.25, 0.3) is 0 Å². The van der Waals surface area contributed by atoms with Crippen LogP contribution in [-0.4, -0.2) is 36.6 Å². The molecule has 2 aromatic heterocycles. The van der Waals surface area contributed by atoms with E-state index in [0.717, 1.165) is 10.8 Å². The maximum Gasteiger partial charge on any atom is 0.236 e. The van der Waals surface area contributed by atoms with Gasteiger partial charge >= 0.3 is 0 Å². The fourth-order valence-electron chi connectivity index (χ4n) is 3.63. The van der Waals surface area contributed by atoms with Crippen molar-refractivity contribution in [1.82, 2.24) is 25.0 Å². The molecule has 0 atom stereocenters. The number of ether oxygens (including phenoxy) is 1. The minimum atomic E-state index is -0.128. The Morgan fingerprint density at radius 1 is 1.16 bits per heavy atom. The summed E-state index contributed by atoms with van der Waals surface area (Å²) in [6.07, 6.45) is 6.13. The van der Waals surface area contributed by atoms with Crippen LogP contribution in [0.1, 0.15) is 60.0 Å². The minimum Gasteiger partial charge on any atom is -0.486 e. The topological polar surface area (TPSA) is 94.8 Å². The monoisotopic (exact) mass is 472 g/mol. The van der Waals surface area contributed by atoms with Gasteiger partial charge in [-0.25, -0.2) is 0 Å². The molecule has 1 fully saturated rings. The highest BCUT2D eigenvalue weighted by Crippen LogP contribution is 2.35. The first-order valence-electron chi connectivity index (χ1n) is 10.8. The van der Waals surface area contributed by atoms with Crippen LogP contribution in [0, 0.1) is 13.8 Å². The quantitative estimate of drug-likeness (QED) is 0.477. The molecule has 170 valence electrons. The van der Waals surface area contributed by atoms with Gasteiger partial charge in [0.1, 0.15) is 17.4 Å². The fraction of sp³-hybridized carbons (Fsp3) is 0.500. The second kappa shape index (κ2) is 10.4. The third kappa shape index (κ3) is 5.66. The normalized spacial score (nSPS) is 14.5. The number of carbonyl (C=O) groups is 1. The van der Waals surface area contributed by atoms with E-state index in [1.807, 2.05) is 29.8 Å². The standard InChI is InChI=1S/C22H28N6O2S2/c1-14-9-10-17(11-15(14)2)30-12-18-24-27-22(28(18)3)31-13-19(29)23-21-26-25-20(32-21)16-7-5-4-6-8-16/h9-11,16H,4-8,12-13H2,1-3H3,(H,23,26,29). The lowest BCUT2D eigenvalue weighted by Gasteiger charge is -2.18. The second-order valence-electron chi connectivity index (χ2n) is 8.11. The Morgan fingerprint density at radius 3 is 2.75 bits per heavy atom. The molecule has 1 aliphatic rings. The predicted molar refractivity (Wildman–Crippen MR) is 126 cm³/mol. The third-order valence-corrected chi connectivity index (χ3v) is 7.77. The molecule has 3 aromatic rings. The van der Waals surface area contributed by atoms with Gasteiger partial charge < -0.3 is 9.30 Å². The summed E-state index contributed by atoms with van der Waals surface area (Å²) in [5, 5.41) is 22.0. The number of hydrogen-bond donors (Lipinski definition) is 1. The van der Waals surface area contributed by atoms with Crippen LogP contribution in [0.4, 0.5) is 5.13 Å². The highest BCUT2D eigenvalue weighted by atomic mass is 32.2. The number of aromatic nitrogens is 5. The van der Waals surface area contributed by atoms with E-state index in [1.54, 1.807) is 0 Å². The number of carbonyl (C=O) groups excluding carboxylic acids is 1. The number of benzene rings is 1. The van der Waals surface area contributed by atoms with E-state index >= 15 is 0 Å². The summed E-state index contributed by atoms with van der Waals surface area (Å²) in [6, 6.07) is 6.00. The smallest absolute Gasteiger partial charge is 0.236 e. The van der Waals surface area contributed by atoms with E-state index < -0.39 is 0 Å². The van der Waals surface area contributed by atoms with Crippen molar-refractivity contribution in [2.45, 2.75) is 63.6 Å². The number of nitrogens with zero attached hydrogens (tertiary/aromatic N) is 5. The van der Waals surface area contributed by atoms with Gasteiger partial charge in [0, 0.05) is 13.0 Å². The molecule has 0 radical (unpaired) electrons. The summed E-state index contributed by atoms with van der Waals surface area (Å²) in [7, 11) is 1.88. The Balaban J connectivity index is 1.26.